The number of hydrogen-bond donors (Lipinski definition) is 3. The molecule has 6 heteroatoms. The third kappa shape index (κ3) is 4.39. The second-order valence-electron chi connectivity index (χ2n) is 7.68. The Labute approximate surface area is 145 Å². The maximum atomic E-state index is 11.4. The minimum atomic E-state index is -1.71. The second kappa shape index (κ2) is 6.99. The molecule has 3 N–H and O–H groups in total. The van der Waals surface area contributed by atoms with E-state index in [0.29, 0.717) is 6.61 Å². The zero-order chi connectivity index (χ0) is 18.0. The monoisotopic (exact) mass is 347 g/mol. The highest BCUT2D eigenvalue weighted by molar-refractivity contribution is 6.74. The van der Waals surface area contributed by atoms with Gasteiger partial charge in [-0.05, 0) is 36.3 Å². The maximum absolute atomic E-state index is 11.4. The number of amides is 1. The molecule has 1 aromatic heterocycles. The molecule has 0 spiro atoms. The summed E-state index contributed by atoms with van der Waals surface area (Å²) < 4.78 is 6.18. The number of carbonyl (C=O) groups is 1. The first kappa shape index (κ1) is 18.5. The van der Waals surface area contributed by atoms with Gasteiger partial charge in [-0.2, -0.15) is 0 Å². The van der Waals surface area contributed by atoms with Gasteiger partial charge in [0.15, 0.2) is 8.32 Å². The van der Waals surface area contributed by atoms with Crippen molar-refractivity contribution >= 4 is 36.5 Å². The van der Waals surface area contributed by atoms with Crippen LogP contribution in [-0.2, 0) is 9.22 Å². The van der Waals surface area contributed by atoms with Crippen LogP contribution in [0.5, 0.6) is 0 Å². The van der Waals surface area contributed by atoms with Gasteiger partial charge in [0.2, 0.25) is 5.91 Å². The summed E-state index contributed by atoms with van der Waals surface area (Å²) in [4.78, 5) is 14.6. The standard InChI is InChI=1S/C18H29N3O2Si/c1-13(22)21-16-12-15(11-14-7-8-20-17(14)16)19-9-10-23-24(5,6)18(2,3)4/h7-8,11-12,19-20H,9-10H2,1-6H3,(H,21,22). The molecule has 0 atom stereocenters. The molecule has 0 saturated carbocycles. The van der Waals surface area contributed by atoms with Gasteiger partial charge in [0.1, 0.15) is 0 Å². The first-order valence-electron chi connectivity index (χ1n) is 8.37. The van der Waals surface area contributed by atoms with Crippen LogP contribution in [0.1, 0.15) is 27.7 Å². The normalized spacial score (nSPS) is 12.4. The van der Waals surface area contributed by atoms with Crippen molar-refractivity contribution < 1.29 is 9.22 Å². The molecule has 1 heterocycles. The van der Waals surface area contributed by atoms with E-state index in [9.17, 15) is 4.79 Å². The summed E-state index contributed by atoms with van der Waals surface area (Å²) in [6.45, 7) is 14.2. The van der Waals surface area contributed by atoms with Crippen molar-refractivity contribution in [1.29, 1.82) is 0 Å². The molecule has 2 aromatic rings. The van der Waals surface area contributed by atoms with E-state index >= 15 is 0 Å². The van der Waals surface area contributed by atoms with Crippen molar-refractivity contribution in [3.8, 4) is 0 Å². The van der Waals surface area contributed by atoms with Crippen LogP contribution in [-0.4, -0.2) is 32.4 Å². The van der Waals surface area contributed by atoms with Crippen LogP contribution < -0.4 is 10.6 Å². The largest absolute Gasteiger partial charge is 0.415 e. The highest BCUT2D eigenvalue weighted by Gasteiger charge is 2.36. The van der Waals surface area contributed by atoms with E-state index in [4.69, 9.17) is 4.43 Å². The van der Waals surface area contributed by atoms with E-state index in [0.717, 1.165) is 28.8 Å². The molecule has 2 rings (SSSR count). The van der Waals surface area contributed by atoms with Crippen LogP contribution in [0.4, 0.5) is 11.4 Å². The van der Waals surface area contributed by atoms with Gasteiger partial charge in [0.05, 0.1) is 17.8 Å². The van der Waals surface area contributed by atoms with Crippen molar-refractivity contribution in [3.63, 3.8) is 0 Å². The molecule has 1 aromatic carbocycles. The molecule has 0 aliphatic rings. The third-order valence-corrected chi connectivity index (χ3v) is 9.21. The van der Waals surface area contributed by atoms with Crippen LogP contribution in [0.15, 0.2) is 24.4 Å². The van der Waals surface area contributed by atoms with E-state index in [1.807, 2.05) is 18.3 Å². The number of rotatable bonds is 6. The van der Waals surface area contributed by atoms with E-state index in [-0.39, 0.29) is 10.9 Å². The summed E-state index contributed by atoms with van der Waals surface area (Å²) >= 11 is 0. The Balaban J connectivity index is 2.01. The minimum absolute atomic E-state index is 0.0793. The molecule has 0 aliphatic heterocycles. The first-order valence-corrected chi connectivity index (χ1v) is 11.3. The number of aromatic nitrogens is 1. The molecule has 1 amide bonds. The number of fused-ring (bicyclic) bond motifs is 1. The number of anilines is 2. The molecule has 5 nitrogen and oxygen atoms in total. The van der Waals surface area contributed by atoms with Crippen molar-refractivity contribution in [2.45, 2.75) is 45.8 Å². The van der Waals surface area contributed by atoms with Gasteiger partial charge in [-0.1, -0.05) is 20.8 Å². The lowest BCUT2D eigenvalue weighted by atomic mass is 10.2. The van der Waals surface area contributed by atoms with E-state index in [1.54, 1.807) is 0 Å². The van der Waals surface area contributed by atoms with Gasteiger partial charge >= 0.3 is 0 Å². The molecular weight excluding hydrogens is 318 g/mol. The molecule has 0 bridgehead atoms. The fraction of sp³-hybridized carbons (Fsp3) is 0.500. The Bertz CT molecular complexity index is 717. The average molecular weight is 348 g/mol. The molecule has 0 unspecified atom stereocenters. The SMILES string of the molecule is CC(=O)Nc1cc(NCCO[Si](C)(C)C(C)(C)C)cc2cc[nH]c12. The molecule has 132 valence electrons. The van der Waals surface area contributed by atoms with Gasteiger partial charge in [0.25, 0.3) is 0 Å². The summed E-state index contributed by atoms with van der Waals surface area (Å²) in [5.41, 5.74) is 2.70. The quantitative estimate of drug-likeness (QED) is 0.530. The lowest BCUT2D eigenvalue weighted by molar-refractivity contribution is -0.114. The zero-order valence-corrected chi connectivity index (χ0v) is 16.5. The number of hydrogen-bond acceptors (Lipinski definition) is 3. The number of carbonyl (C=O) groups excluding carboxylic acids is 1. The van der Waals surface area contributed by atoms with Crippen molar-refractivity contribution in [1.82, 2.24) is 4.98 Å². The van der Waals surface area contributed by atoms with Crippen LogP contribution in [0.3, 0.4) is 0 Å². The highest BCUT2D eigenvalue weighted by Crippen LogP contribution is 2.36. The number of H-pyrrole nitrogens is 1. The number of nitrogens with one attached hydrogen (secondary N) is 3. The zero-order valence-electron chi connectivity index (χ0n) is 15.5. The summed E-state index contributed by atoms with van der Waals surface area (Å²) in [6.07, 6.45) is 1.88. The third-order valence-electron chi connectivity index (χ3n) is 4.67. The van der Waals surface area contributed by atoms with Gasteiger partial charge < -0.3 is 20.0 Å². The average Bonchev–Trinajstić information content (AvgIpc) is 2.90. The lowest BCUT2D eigenvalue weighted by Gasteiger charge is -2.36. The fourth-order valence-electron chi connectivity index (χ4n) is 2.28. The van der Waals surface area contributed by atoms with E-state index in [2.05, 4.69) is 55.5 Å². The van der Waals surface area contributed by atoms with Gasteiger partial charge in [-0.25, -0.2) is 0 Å². The minimum Gasteiger partial charge on any atom is -0.415 e. The Morgan fingerprint density at radius 1 is 1.29 bits per heavy atom. The molecule has 0 aliphatic carbocycles. The van der Waals surface area contributed by atoms with Crippen molar-refractivity contribution in [2.75, 3.05) is 23.8 Å². The first-order chi connectivity index (χ1) is 11.1. The summed E-state index contributed by atoms with van der Waals surface area (Å²) in [6, 6.07) is 6.02. The van der Waals surface area contributed by atoms with E-state index in [1.165, 1.54) is 6.92 Å². The van der Waals surface area contributed by atoms with Crippen molar-refractivity contribution in [2.24, 2.45) is 0 Å². The number of aromatic amines is 1. The molecule has 0 saturated heterocycles. The highest BCUT2D eigenvalue weighted by atomic mass is 28.4. The Morgan fingerprint density at radius 3 is 2.62 bits per heavy atom. The maximum Gasteiger partial charge on any atom is 0.221 e. The summed E-state index contributed by atoms with van der Waals surface area (Å²) in [5.74, 6) is -0.0793. The van der Waals surface area contributed by atoms with Crippen LogP contribution in [0.25, 0.3) is 10.9 Å². The van der Waals surface area contributed by atoms with Crippen molar-refractivity contribution in [3.05, 3.63) is 24.4 Å². The van der Waals surface area contributed by atoms with E-state index < -0.39 is 8.32 Å². The van der Waals surface area contributed by atoms with Crippen LogP contribution in [0.2, 0.25) is 18.1 Å². The topological polar surface area (TPSA) is 66.2 Å². The molecule has 24 heavy (non-hydrogen) atoms. The number of benzene rings is 1. The fourth-order valence-corrected chi connectivity index (χ4v) is 3.33. The Kier molecular flexibility index (Phi) is 5.40. The predicted molar refractivity (Wildman–Crippen MR) is 104 cm³/mol. The van der Waals surface area contributed by atoms with Crippen LogP contribution >= 0.6 is 0 Å². The van der Waals surface area contributed by atoms with Gasteiger partial charge in [-0.3, -0.25) is 4.79 Å². The smallest absolute Gasteiger partial charge is 0.221 e. The molecule has 0 fully saturated rings. The van der Waals surface area contributed by atoms with Crippen LogP contribution in [0, 0.1) is 0 Å². The predicted octanol–water partition coefficient (Wildman–Crippen LogP) is 4.56. The lowest BCUT2D eigenvalue weighted by Crippen LogP contribution is -2.41. The summed E-state index contributed by atoms with van der Waals surface area (Å²) in [7, 11) is -1.71. The Hall–Kier alpha value is -1.79. The molecular formula is C18H29N3O2Si. The van der Waals surface area contributed by atoms with Gasteiger partial charge in [-0.15, -0.1) is 0 Å². The second-order valence-corrected chi connectivity index (χ2v) is 12.5. The Morgan fingerprint density at radius 2 is 2.00 bits per heavy atom. The van der Waals surface area contributed by atoms with Gasteiger partial charge in [0, 0.05) is 30.7 Å². The summed E-state index contributed by atoms with van der Waals surface area (Å²) in [5, 5.41) is 7.55. The molecule has 0 radical (unpaired) electrons.